The van der Waals surface area contributed by atoms with Crippen molar-refractivity contribution in [2.75, 3.05) is 19.8 Å². The summed E-state index contributed by atoms with van der Waals surface area (Å²) < 4.78 is 25.7. The van der Waals surface area contributed by atoms with E-state index in [0.717, 1.165) is 0 Å². The fraction of sp³-hybridized carbons (Fsp3) is 0.350. The number of carbonyl (C=O) groups is 2. The highest BCUT2D eigenvalue weighted by molar-refractivity contribution is 6.02. The molecule has 2 aliphatic rings. The molecule has 1 fully saturated rings. The molecule has 0 spiro atoms. The van der Waals surface area contributed by atoms with Gasteiger partial charge in [-0.15, -0.1) is 0 Å². The maximum atomic E-state index is 13.4. The summed E-state index contributed by atoms with van der Waals surface area (Å²) in [4.78, 5) is 40.2. The number of amides is 1. The van der Waals surface area contributed by atoms with E-state index in [1.54, 1.807) is 16.4 Å². The number of hydrogen-bond acceptors (Lipinski definition) is 5. The zero-order chi connectivity index (χ0) is 19.8. The molecule has 1 aromatic carbocycles. The Kier molecular flexibility index (Phi) is 4.72. The molecule has 1 unspecified atom stereocenters. The zero-order valence-corrected chi connectivity index (χ0v) is 15.3. The number of aromatic nitrogens is 1. The van der Waals surface area contributed by atoms with E-state index < -0.39 is 23.4 Å². The molecule has 0 saturated carbocycles. The number of ether oxygens (including phenoxy) is 2. The SMILES string of the molecule is CCOC(=O)c1cn2c(c(-c3ccc(F)cc3)c1=O)C(=O)N1CCCOC1C2. The smallest absolute Gasteiger partial charge is 0.343 e. The predicted octanol–water partition coefficient (Wildman–Crippen LogP) is 2.03. The van der Waals surface area contributed by atoms with Crippen molar-refractivity contribution in [2.45, 2.75) is 26.1 Å². The number of nitrogens with zero attached hydrogens (tertiary/aromatic N) is 2. The lowest BCUT2D eigenvalue weighted by molar-refractivity contribution is -0.0917. The van der Waals surface area contributed by atoms with Gasteiger partial charge in [0.05, 0.1) is 25.3 Å². The normalized spacial score (nSPS) is 18.4. The Balaban J connectivity index is 1.96. The summed E-state index contributed by atoms with van der Waals surface area (Å²) in [5.74, 6) is -1.57. The van der Waals surface area contributed by atoms with E-state index in [2.05, 4.69) is 0 Å². The Hall–Kier alpha value is -3.00. The van der Waals surface area contributed by atoms with Crippen molar-refractivity contribution in [2.24, 2.45) is 0 Å². The number of pyridine rings is 1. The number of halogens is 1. The van der Waals surface area contributed by atoms with Crippen molar-refractivity contribution in [3.05, 3.63) is 57.8 Å². The zero-order valence-electron chi connectivity index (χ0n) is 15.3. The van der Waals surface area contributed by atoms with Gasteiger partial charge in [-0.05, 0) is 31.0 Å². The van der Waals surface area contributed by atoms with Crippen LogP contribution in [0.25, 0.3) is 11.1 Å². The second-order valence-electron chi connectivity index (χ2n) is 6.65. The first kappa shape index (κ1) is 18.4. The monoisotopic (exact) mass is 386 g/mol. The van der Waals surface area contributed by atoms with E-state index in [1.165, 1.54) is 30.5 Å². The lowest BCUT2D eigenvalue weighted by Crippen LogP contribution is -2.53. The average Bonchev–Trinajstić information content (AvgIpc) is 2.69. The summed E-state index contributed by atoms with van der Waals surface area (Å²) in [6.45, 7) is 3.12. The van der Waals surface area contributed by atoms with Crippen molar-refractivity contribution in [1.82, 2.24) is 9.47 Å². The van der Waals surface area contributed by atoms with Crippen LogP contribution < -0.4 is 5.43 Å². The maximum Gasteiger partial charge on any atom is 0.343 e. The maximum absolute atomic E-state index is 13.4. The Labute approximate surface area is 160 Å². The van der Waals surface area contributed by atoms with Gasteiger partial charge < -0.3 is 18.9 Å². The highest BCUT2D eigenvalue weighted by Crippen LogP contribution is 2.29. The quantitative estimate of drug-likeness (QED) is 0.755. The van der Waals surface area contributed by atoms with Gasteiger partial charge in [-0.2, -0.15) is 0 Å². The molecule has 2 aromatic rings. The van der Waals surface area contributed by atoms with Crippen LogP contribution in [0, 0.1) is 5.82 Å². The Morgan fingerprint density at radius 2 is 2.04 bits per heavy atom. The molecule has 2 aliphatic heterocycles. The molecular formula is C20H19FN2O5. The van der Waals surface area contributed by atoms with Crippen LogP contribution in [0.2, 0.25) is 0 Å². The van der Waals surface area contributed by atoms with Gasteiger partial charge in [0.25, 0.3) is 5.91 Å². The van der Waals surface area contributed by atoms with Crippen molar-refractivity contribution in [3.63, 3.8) is 0 Å². The lowest BCUT2D eigenvalue weighted by Gasteiger charge is -2.40. The fourth-order valence-electron chi connectivity index (χ4n) is 3.65. The van der Waals surface area contributed by atoms with Gasteiger partial charge in [0.1, 0.15) is 17.1 Å². The first-order valence-corrected chi connectivity index (χ1v) is 9.14. The van der Waals surface area contributed by atoms with E-state index in [4.69, 9.17) is 9.47 Å². The number of benzene rings is 1. The van der Waals surface area contributed by atoms with Gasteiger partial charge in [0.15, 0.2) is 6.23 Å². The topological polar surface area (TPSA) is 77.8 Å². The van der Waals surface area contributed by atoms with Gasteiger partial charge in [0.2, 0.25) is 5.43 Å². The number of carbonyl (C=O) groups excluding carboxylic acids is 2. The van der Waals surface area contributed by atoms with Crippen molar-refractivity contribution >= 4 is 11.9 Å². The minimum absolute atomic E-state index is 0.0691. The summed E-state index contributed by atoms with van der Waals surface area (Å²) in [5.41, 5.74) is -0.167. The van der Waals surface area contributed by atoms with E-state index >= 15 is 0 Å². The molecule has 4 rings (SSSR count). The predicted molar refractivity (Wildman–Crippen MR) is 97.4 cm³/mol. The molecule has 1 saturated heterocycles. The summed E-state index contributed by atoms with van der Waals surface area (Å²) in [5, 5.41) is 0. The highest BCUT2D eigenvalue weighted by atomic mass is 19.1. The third-order valence-electron chi connectivity index (χ3n) is 4.93. The second-order valence-corrected chi connectivity index (χ2v) is 6.65. The third-order valence-corrected chi connectivity index (χ3v) is 4.93. The number of fused-ring (bicyclic) bond motifs is 2. The Bertz CT molecular complexity index is 999. The molecule has 1 atom stereocenters. The summed E-state index contributed by atoms with van der Waals surface area (Å²) in [7, 11) is 0. The highest BCUT2D eigenvalue weighted by Gasteiger charge is 2.38. The van der Waals surface area contributed by atoms with Crippen LogP contribution in [0.15, 0.2) is 35.3 Å². The van der Waals surface area contributed by atoms with Gasteiger partial charge >= 0.3 is 5.97 Å². The van der Waals surface area contributed by atoms with Gasteiger partial charge in [0, 0.05) is 12.7 Å². The molecule has 28 heavy (non-hydrogen) atoms. The van der Waals surface area contributed by atoms with Crippen molar-refractivity contribution in [3.8, 4) is 11.1 Å². The molecule has 0 aliphatic carbocycles. The standard InChI is InChI=1S/C20H19FN2O5/c1-2-27-20(26)14-10-22-11-15-23(8-3-9-28-15)19(25)17(22)16(18(14)24)12-4-6-13(21)7-5-12/h4-7,10,15H,2-3,8-9,11H2,1H3. The molecule has 146 valence electrons. The number of esters is 1. The van der Waals surface area contributed by atoms with Crippen LogP contribution in [-0.2, 0) is 16.0 Å². The Morgan fingerprint density at radius 3 is 2.75 bits per heavy atom. The minimum Gasteiger partial charge on any atom is -0.462 e. The van der Waals surface area contributed by atoms with Crippen LogP contribution in [0.4, 0.5) is 4.39 Å². The van der Waals surface area contributed by atoms with E-state index in [-0.39, 0.29) is 29.3 Å². The number of rotatable bonds is 3. The van der Waals surface area contributed by atoms with Gasteiger partial charge in [-0.1, -0.05) is 12.1 Å². The summed E-state index contributed by atoms with van der Waals surface area (Å²) in [6, 6.07) is 5.27. The molecule has 1 amide bonds. The third kappa shape index (κ3) is 2.99. The molecule has 0 bridgehead atoms. The molecule has 7 nitrogen and oxygen atoms in total. The van der Waals surface area contributed by atoms with E-state index in [0.29, 0.717) is 31.7 Å². The first-order valence-electron chi connectivity index (χ1n) is 9.14. The van der Waals surface area contributed by atoms with Crippen LogP contribution in [0.1, 0.15) is 34.2 Å². The minimum atomic E-state index is -0.759. The van der Waals surface area contributed by atoms with Crippen LogP contribution in [0.3, 0.4) is 0 Å². The molecule has 8 heteroatoms. The van der Waals surface area contributed by atoms with Crippen LogP contribution in [0.5, 0.6) is 0 Å². The van der Waals surface area contributed by atoms with Crippen molar-refractivity contribution < 1.29 is 23.5 Å². The largest absolute Gasteiger partial charge is 0.462 e. The summed E-state index contributed by atoms with van der Waals surface area (Å²) in [6.07, 6.45) is 1.61. The molecule has 0 N–H and O–H groups in total. The van der Waals surface area contributed by atoms with E-state index in [9.17, 15) is 18.8 Å². The molecule has 0 radical (unpaired) electrons. The average molecular weight is 386 g/mol. The fourth-order valence-corrected chi connectivity index (χ4v) is 3.65. The second kappa shape index (κ2) is 7.20. The van der Waals surface area contributed by atoms with Crippen LogP contribution >= 0.6 is 0 Å². The molecular weight excluding hydrogens is 367 g/mol. The summed E-state index contributed by atoms with van der Waals surface area (Å²) >= 11 is 0. The number of hydrogen-bond donors (Lipinski definition) is 0. The molecule has 3 heterocycles. The Morgan fingerprint density at radius 1 is 1.29 bits per heavy atom. The molecule has 1 aromatic heterocycles. The lowest BCUT2D eigenvalue weighted by atomic mass is 9.98. The first-order chi connectivity index (χ1) is 13.5. The van der Waals surface area contributed by atoms with Gasteiger partial charge in [-0.3, -0.25) is 9.59 Å². The van der Waals surface area contributed by atoms with Crippen molar-refractivity contribution in [1.29, 1.82) is 0 Å². The van der Waals surface area contributed by atoms with Gasteiger partial charge in [-0.25, -0.2) is 9.18 Å². The van der Waals surface area contributed by atoms with E-state index in [1.807, 2.05) is 0 Å². The van der Waals surface area contributed by atoms with Crippen LogP contribution in [-0.4, -0.2) is 47.3 Å².